The van der Waals surface area contributed by atoms with Gasteiger partial charge in [0.05, 0.1) is 14.2 Å². The van der Waals surface area contributed by atoms with E-state index in [1.165, 1.54) is 0 Å². The first-order valence-electron chi connectivity index (χ1n) is 10.2. The van der Waals surface area contributed by atoms with Gasteiger partial charge in [-0.1, -0.05) is 28.9 Å². The number of ether oxygens (including phenoxy) is 2. The Balaban J connectivity index is 1.91. The van der Waals surface area contributed by atoms with Crippen molar-refractivity contribution < 1.29 is 19.1 Å². The first kappa shape index (κ1) is 22.9. The van der Waals surface area contributed by atoms with Gasteiger partial charge in [0, 0.05) is 23.1 Å². The number of benzene rings is 2. The van der Waals surface area contributed by atoms with Gasteiger partial charge in [-0.15, -0.1) is 0 Å². The molecule has 0 bridgehead atoms. The summed E-state index contributed by atoms with van der Waals surface area (Å²) in [7, 11) is 3.12. The Bertz CT molecular complexity index is 964. The molecule has 0 aliphatic carbocycles. The molecule has 2 amide bonds. The van der Waals surface area contributed by atoms with Crippen molar-refractivity contribution in [1.82, 2.24) is 10.2 Å². The van der Waals surface area contributed by atoms with Gasteiger partial charge in [0.2, 0.25) is 0 Å². The number of amides is 2. The second kappa shape index (κ2) is 10.5. The average molecular weight is 487 g/mol. The zero-order valence-corrected chi connectivity index (χ0v) is 19.6. The van der Waals surface area contributed by atoms with Crippen LogP contribution in [-0.4, -0.2) is 44.0 Å². The van der Waals surface area contributed by atoms with Crippen molar-refractivity contribution in [2.75, 3.05) is 27.3 Å². The van der Waals surface area contributed by atoms with Crippen LogP contribution >= 0.6 is 15.9 Å². The number of methoxy groups -OCH3 is 2. The van der Waals surface area contributed by atoms with Gasteiger partial charge in [-0.3, -0.25) is 9.59 Å². The van der Waals surface area contributed by atoms with Crippen LogP contribution in [0.1, 0.15) is 35.7 Å². The predicted molar refractivity (Wildman–Crippen MR) is 124 cm³/mol. The van der Waals surface area contributed by atoms with E-state index >= 15 is 0 Å². The number of piperidine rings is 1. The van der Waals surface area contributed by atoms with Gasteiger partial charge < -0.3 is 19.7 Å². The molecule has 164 valence electrons. The van der Waals surface area contributed by atoms with Gasteiger partial charge in [0.15, 0.2) is 11.5 Å². The van der Waals surface area contributed by atoms with Gasteiger partial charge in [-0.25, -0.2) is 0 Å². The molecule has 3 rings (SSSR count). The van der Waals surface area contributed by atoms with Crippen molar-refractivity contribution in [2.24, 2.45) is 5.92 Å². The third-order valence-electron chi connectivity index (χ3n) is 5.37. The smallest absolute Gasteiger partial charge is 0.270 e. The normalized spacial score (nSPS) is 14.8. The molecular weight excluding hydrogens is 460 g/mol. The second-order valence-electron chi connectivity index (χ2n) is 7.61. The molecule has 7 heteroatoms. The van der Waals surface area contributed by atoms with E-state index in [2.05, 4.69) is 28.2 Å². The van der Waals surface area contributed by atoms with Gasteiger partial charge in [0.1, 0.15) is 5.70 Å². The lowest BCUT2D eigenvalue weighted by Crippen LogP contribution is -2.42. The number of likely N-dealkylation sites (tertiary alicyclic amines) is 1. The number of hydrogen-bond donors (Lipinski definition) is 1. The minimum Gasteiger partial charge on any atom is -0.493 e. The van der Waals surface area contributed by atoms with Crippen LogP contribution in [0.3, 0.4) is 0 Å². The molecule has 1 aliphatic heterocycles. The van der Waals surface area contributed by atoms with Crippen LogP contribution in [-0.2, 0) is 4.79 Å². The van der Waals surface area contributed by atoms with Crippen LogP contribution in [0, 0.1) is 5.92 Å². The molecule has 1 fully saturated rings. The van der Waals surface area contributed by atoms with Crippen molar-refractivity contribution in [3.05, 3.63) is 63.8 Å². The van der Waals surface area contributed by atoms with E-state index in [1.54, 1.807) is 61.6 Å². The van der Waals surface area contributed by atoms with E-state index in [4.69, 9.17) is 9.47 Å². The van der Waals surface area contributed by atoms with Gasteiger partial charge >= 0.3 is 0 Å². The van der Waals surface area contributed by atoms with Gasteiger partial charge in [-0.05, 0) is 66.8 Å². The van der Waals surface area contributed by atoms with E-state index in [9.17, 15) is 9.59 Å². The molecule has 0 aromatic heterocycles. The van der Waals surface area contributed by atoms with E-state index in [0.717, 1.165) is 22.9 Å². The standard InChI is InChI=1S/C24H27BrN2O4/c1-16-10-12-27(13-11-16)24(29)20(26-23(28)18-5-7-19(25)8-6-18)14-17-4-9-21(30-2)22(15-17)31-3/h4-9,14-16H,10-13H2,1-3H3,(H,26,28)/b20-14-. The van der Waals surface area contributed by atoms with E-state index in [-0.39, 0.29) is 17.5 Å². The quantitative estimate of drug-likeness (QED) is 0.610. The van der Waals surface area contributed by atoms with Crippen molar-refractivity contribution in [3.63, 3.8) is 0 Å². The molecule has 0 saturated carbocycles. The minimum absolute atomic E-state index is 0.188. The summed E-state index contributed by atoms with van der Waals surface area (Å²) in [5, 5.41) is 2.82. The summed E-state index contributed by atoms with van der Waals surface area (Å²) in [4.78, 5) is 27.9. The van der Waals surface area contributed by atoms with Crippen LogP contribution in [0.5, 0.6) is 11.5 Å². The SMILES string of the molecule is COc1ccc(/C=C(\NC(=O)c2ccc(Br)cc2)C(=O)N2CCC(C)CC2)cc1OC. The predicted octanol–water partition coefficient (Wildman–Crippen LogP) is 4.50. The first-order valence-corrected chi connectivity index (χ1v) is 11.0. The first-order chi connectivity index (χ1) is 14.9. The molecule has 1 heterocycles. The van der Waals surface area contributed by atoms with Crippen LogP contribution in [0.4, 0.5) is 0 Å². The number of nitrogens with zero attached hydrogens (tertiary/aromatic N) is 1. The highest BCUT2D eigenvalue weighted by molar-refractivity contribution is 9.10. The lowest BCUT2D eigenvalue weighted by atomic mass is 9.99. The lowest BCUT2D eigenvalue weighted by molar-refractivity contribution is -0.128. The zero-order chi connectivity index (χ0) is 22.4. The number of rotatable bonds is 6. The van der Waals surface area contributed by atoms with Crippen molar-refractivity contribution in [3.8, 4) is 11.5 Å². The average Bonchev–Trinajstić information content (AvgIpc) is 2.79. The van der Waals surface area contributed by atoms with Gasteiger partial charge in [-0.2, -0.15) is 0 Å². The summed E-state index contributed by atoms with van der Waals surface area (Å²) in [6.07, 6.45) is 3.59. The Hall–Kier alpha value is -2.80. The molecule has 1 N–H and O–H groups in total. The molecular formula is C24H27BrN2O4. The fourth-order valence-electron chi connectivity index (χ4n) is 3.44. The largest absolute Gasteiger partial charge is 0.493 e. The third kappa shape index (κ3) is 5.88. The topological polar surface area (TPSA) is 67.9 Å². The molecule has 1 aliphatic rings. The molecule has 0 atom stereocenters. The maximum absolute atomic E-state index is 13.3. The summed E-state index contributed by atoms with van der Waals surface area (Å²) >= 11 is 3.37. The minimum atomic E-state index is -0.335. The van der Waals surface area contributed by atoms with Crippen molar-refractivity contribution >= 4 is 33.8 Å². The number of halogens is 1. The maximum atomic E-state index is 13.3. The Morgan fingerprint density at radius 1 is 1.03 bits per heavy atom. The summed E-state index contributed by atoms with van der Waals surface area (Å²) in [5.41, 5.74) is 1.43. The van der Waals surface area contributed by atoms with E-state index in [0.29, 0.717) is 36.1 Å². The van der Waals surface area contributed by atoms with Crippen LogP contribution in [0.15, 0.2) is 52.6 Å². The van der Waals surface area contributed by atoms with E-state index < -0.39 is 0 Å². The highest BCUT2D eigenvalue weighted by Gasteiger charge is 2.24. The van der Waals surface area contributed by atoms with Crippen molar-refractivity contribution in [1.29, 1.82) is 0 Å². The highest BCUT2D eigenvalue weighted by atomic mass is 79.9. The summed E-state index contributed by atoms with van der Waals surface area (Å²) in [5.74, 6) is 1.22. The number of nitrogens with one attached hydrogen (secondary N) is 1. The Labute approximate surface area is 191 Å². The number of carbonyl (C=O) groups is 2. The summed E-state index contributed by atoms with van der Waals surface area (Å²) in [6.45, 7) is 3.55. The molecule has 2 aromatic carbocycles. The third-order valence-corrected chi connectivity index (χ3v) is 5.90. The molecule has 0 radical (unpaired) electrons. The van der Waals surface area contributed by atoms with E-state index in [1.807, 2.05) is 6.07 Å². The number of hydrogen-bond acceptors (Lipinski definition) is 4. The molecule has 31 heavy (non-hydrogen) atoms. The Kier molecular flexibility index (Phi) is 7.74. The number of carbonyl (C=O) groups excluding carboxylic acids is 2. The molecule has 0 spiro atoms. The second-order valence-corrected chi connectivity index (χ2v) is 8.52. The molecule has 2 aromatic rings. The van der Waals surface area contributed by atoms with Gasteiger partial charge in [0.25, 0.3) is 11.8 Å². The lowest BCUT2D eigenvalue weighted by Gasteiger charge is -2.31. The zero-order valence-electron chi connectivity index (χ0n) is 18.0. The fourth-order valence-corrected chi connectivity index (χ4v) is 3.70. The monoisotopic (exact) mass is 486 g/mol. The highest BCUT2D eigenvalue weighted by Crippen LogP contribution is 2.28. The Morgan fingerprint density at radius 3 is 2.29 bits per heavy atom. The van der Waals surface area contributed by atoms with Crippen molar-refractivity contribution in [2.45, 2.75) is 19.8 Å². The maximum Gasteiger partial charge on any atom is 0.270 e. The fraction of sp³-hybridized carbons (Fsp3) is 0.333. The van der Waals surface area contributed by atoms with Crippen LogP contribution in [0.2, 0.25) is 0 Å². The molecule has 1 saturated heterocycles. The summed E-state index contributed by atoms with van der Waals surface area (Å²) in [6, 6.07) is 12.4. The molecule has 0 unspecified atom stereocenters. The molecule has 6 nitrogen and oxygen atoms in total. The summed E-state index contributed by atoms with van der Waals surface area (Å²) < 4.78 is 11.5. The van der Waals surface area contributed by atoms with Crippen LogP contribution < -0.4 is 14.8 Å². The Morgan fingerprint density at radius 2 is 1.68 bits per heavy atom. The van der Waals surface area contributed by atoms with Crippen LogP contribution in [0.25, 0.3) is 6.08 Å².